The van der Waals surface area contributed by atoms with Crippen LogP contribution in [0.1, 0.15) is 11.1 Å². The molecule has 0 fully saturated rings. The predicted octanol–water partition coefficient (Wildman–Crippen LogP) is 2.60. The van der Waals surface area contributed by atoms with Crippen LogP contribution < -0.4 is 15.8 Å². The quantitative estimate of drug-likeness (QED) is 0.879. The third-order valence-corrected chi connectivity index (χ3v) is 2.74. The first-order chi connectivity index (χ1) is 9.13. The molecular weight excluding hydrogens is 240 g/mol. The van der Waals surface area contributed by atoms with Crippen molar-refractivity contribution >= 4 is 17.2 Å². The van der Waals surface area contributed by atoms with Crippen molar-refractivity contribution in [2.75, 3.05) is 18.2 Å². The standard InChI is InChI=1S/C14H14N4O/c1-9-8-17-14(6-11(9)16)18-12-4-3-10(7-15)5-13(12)19-2/h3-6,8H,1-2H3,(H3,16,17,18). The topological polar surface area (TPSA) is 84.0 Å². The first kappa shape index (κ1) is 12.7. The van der Waals surface area contributed by atoms with Gasteiger partial charge in [0.05, 0.1) is 24.4 Å². The number of nitriles is 1. The highest BCUT2D eigenvalue weighted by atomic mass is 16.5. The molecule has 0 saturated carbocycles. The molecule has 0 atom stereocenters. The number of hydrogen-bond donors (Lipinski definition) is 2. The molecule has 5 heteroatoms. The number of aryl methyl sites for hydroxylation is 1. The zero-order valence-corrected chi connectivity index (χ0v) is 10.8. The molecule has 96 valence electrons. The maximum Gasteiger partial charge on any atom is 0.143 e. The normalized spacial score (nSPS) is 9.74. The Morgan fingerprint density at radius 3 is 2.79 bits per heavy atom. The number of nitrogens with two attached hydrogens (primary N) is 1. The maximum absolute atomic E-state index is 8.85. The van der Waals surface area contributed by atoms with Crippen LogP contribution in [-0.4, -0.2) is 12.1 Å². The molecule has 0 aliphatic heterocycles. The predicted molar refractivity (Wildman–Crippen MR) is 74.4 cm³/mol. The number of pyridine rings is 1. The second kappa shape index (κ2) is 5.27. The van der Waals surface area contributed by atoms with E-state index >= 15 is 0 Å². The van der Waals surface area contributed by atoms with Crippen molar-refractivity contribution in [3.63, 3.8) is 0 Å². The Morgan fingerprint density at radius 1 is 1.37 bits per heavy atom. The molecule has 0 amide bonds. The Balaban J connectivity index is 2.32. The number of hydrogen-bond acceptors (Lipinski definition) is 5. The molecule has 0 radical (unpaired) electrons. The molecule has 0 unspecified atom stereocenters. The molecule has 19 heavy (non-hydrogen) atoms. The van der Waals surface area contributed by atoms with Gasteiger partial charge in [0.2, 0.25) is 0 Å². The SMILES string of the molecule is COc1cc(C#N)ccc1Nc1cc(N)c(C)cn1. The zero-order valence-electron chi connectivity index (χ0n) is 10.8. The van der Waals surface area contributed by atoms with Crippen molar-refractivity contribution in [2.24, 2.45) is 0 Å². The lowest BCUT2D eigenvalue weighted by Gasteiger charge is -2.11. The summed E-state index contributed by atoms with van der Waals surface area (Å²) < 4.78 is 5.24. The summed E-state index contributed by atoms with van der Waals surface area (Å²) in [5.74, 6) is 1.21. The van der Waals surface area contributed by atoms with E-state index in [0.29, 0.717) is 22.8 Å². The molecule has 5 nitrogen and oxygen atoms in total. The Morgan fingerprint density at radius 2 is 2.16 bits per heavy atom. The third kappa shape index (κ3) is 2.75. The van der Waals surface area contributed by atoms with Crippen molar-refractivity contribution in [1.29, 1.82) is 5.26 Å². The Kier molecular flexibility index (Phi) is 3.53. The summed E-state index contributed by atoms with van der Waals surface area (Å²) in [6, 6.07) is 8.97. The van der Waals surface area contributed by atoms with Crippen LogP contribution in [0.3, 0.4) is 0 Å². The molecule has 2 aromatic rings. The maximum atomic E-state index is 8.85. The molecule has 3 N–H and O–H groups in total. The van der Waals surface area contributed by atoms with E-state index < -0.39 is 0 Å². The molecule has 0 spiro atoms. The molecule has 1 aromatic heterocycles. The highest BCUT2D eigenvalue weighted by molar-refractivity contribution is 5.67. The van der Waals surface area contributed by atoms with Gasteiger partial charge in [0.1, 0.15) is 11.6 Å². The summed E-state index contributed by atoms with van der Waals surface area (Å²) in [5.41, 5.74) is 8.71. The largest absolute Gasteiger partial charge is 0.495 e. The summed E-state index contributed by atoms with van der Waals surface area (Å²) in [7, 11) is 1.55. The summed E-state index contributed by atoms with van der Waals surface area (Å²) >= 11 is 0. The zero-order chi connectivity index (χ0) is 13.8. The minimum absolute atomic E-state index is 0.541. The number of nitrogen functional groups attached to an aromatic ring is 1. The summed E-state index contributed by atoms with van der Waals surface area (Å²) in [6.07, 6.45) is 1.70. The summed E-state index contributed by atoms with van der Waals surface area (Å²) in [5, 5.41) is 12.0. The van der Waals surface area contributed by atoms with Crippen molar-refractivity contribution in [1.82, 2.24) is 4.98 Å². The lowest BCUT2D eigenvalue weighted by atomic mass is 10.2. The number of benzene rings is 1. The number of ether oxygens (including phenoxy) is 1. The highest BCUT2D eigenvalue weighted by Crippen LogP contribution is 2.28. The van der Waals surface area contributed by atoms with Gasteiger partial charge in [-0.25, -0.2) is 4.98 Å². The Labute approximate surface area is 111 Å². The first-order valence-electron chi connectivity index (χ1n) is 5.71. The molecule has 0 aliphatic carbocycles. The van der Waals surface area contributed by atoms with Crippen LogP contribution in [0.15, 0.2) is 30.5 Å². The highest BCUT2D eigenvalue weighted by Gasteiger charge is 2.06. The Bertz CT molecular complexity index is 646. The molecule has 0 aliphatic rings. The van der Waals surface area contributed by atoms with E-state index in [9.17, 15) is 0 Å². The van der Waals surface area contributed by atoms with Gasteiger partial charge in [-0.3, -0.25) is 0 Å². The van der Waals surface area contributed by atoms with Crippen molar-refractivity contribution in [3.05, 3.63) is 41.6 Å². The molecule has 0 bridgehead atoms. The second-order valence-electron chi connectivity index (χ2n) is 4.08. The molecule has 0 saturated heterocycles. The summed E-state index contributed by atoms with van der Waals surface area (Å²) in [6.45, 7) is 1.90. The fourth-order valence-electron chi connectivity index (χ4n) is 1.61. The first-order valence-corrected chi connectivity index (χ1v) is 5.71. The lowest BCUT2D eigenvalue weighted by molar-refractivity contribution is 0.416. The average Bonchev–Trinajstić information content (AvgIpc) is 2.43. The van der Waals surface area contributed by atoms with E-state index in [1.807, 2.05) is 6.92 Å². The van der Waals surface area contributed by atoms with Crippen LogP contribution in [0.25, 0.3) is 0 Å². The van der Waals surface area contributed by atoms with E-state index in [-0.39, 0.29) is 0 Å². The lowest BCUT2D eigenvalue weighted by Crippen LogP contribution is -1.99. The van der Waals surface area contributed by atoms with Gasteiger partial charge in [-0.2, -0.15) is 5.26 Å². The monoisotopic (exact) mass is 254 g/mol. The van der Waals surface area contributed by atoms with Crippen LogP contribution >= 0.6 is 0 Å². The number of anilines is 3. The van der Waals surface area contributed by atoms with E-state index in [2.05, 4.69) is 16.4 Å². The summed E-state index contributed by atoms with van der Waals surface area (Å²) in [4.78, 5) is 4.24. The minimum atomic E-state index is 0.541. The van der Waals surface area contributed by atoms with Crippen molar-refractivity contribution in [2.45, 2.75) is 6.92 Å². The van der Waals surface area contributed by atoms with E-state index in [1.165, 1.54) is 0 Å². The van der Waals surface area contributed by atoms with E-state index in [1.54, 1.807) is 37.6 Å². The average molecular weight is 254 g/mol. The van der Waals surface area contributed by atoms with Gasteiger partial charge in [0.25, 0.3) is 0 Å². The van der Waals surface area contributed by atoms with Crippen LogP contribution in [0, 0.1) is 18.3 Å². The van der Waals surface area contributed by atoms with Crippen molar-refractivity contribution < 1.29 is 4.74 Å². The smallest absolute Gasteiger partial charge is 0.143 e. The van der Waals surface area contributed by atoms with Gasteiger partial charge in [0.15, 0.2) is 0 Å². The number of nitrogens with zero attached hydrogens (tertiary/aromatic N) is 2. The van der Waals surface area contributed by atoms with Gasteiger partial charge in [-0.15, -0.1) is 0 Å². The Hall–Kier alpha value is -2.74. The fraction of sp³-hybridized carbons (Fsp3) is 0.143. The van der Waals surface area contributed by atoms with Crippen LogP contribution in [0.2, 0.25) is 0 Å². The number of aromatic nitrogens is 1. The van der Waals surface area contributed by atoms with Gasteiger partial charge in [0, 0.05) is 24.0 Å². The third-order valence-electron chi connectivity index (χ3n) is 2.74. The van der Waals surface area contributed by atoms with Gasteiger partial charge < -0.3 is 15.8 Å². The molecule has 2 rings (SSSR count). The van der Waals surface area contributed by atoms with Gasteiger partial charge in [-0.1, -0.05) is 0 Å². The molecule has 1 heterocycles. The van der Waals surface area contributed by atoms with Gasteiger partial charge >= 0.3 is 0 Å². The van der Waals surface area contributed by atoms with Crippen molar-refractivity contribution in [3.8, 4) is 11.8 Å². The van der Waals surface area contributed by atoms with Gasteiger partial charge in [-0.05, 0) is 24.6 Å². The van der Waals surface area contributed by atoms with Crippen LogP contribution in [-0.2, 0) is 0 Å². The second-order valence-corrected chi connectivity index (χ2v) is 4.08. The fourth-order valence-corrected chi connectivity index (χ4v) is 1.61. The van der Waals surface area contributed by atoms with E-state index in [4.69, 9.17) is 15.7 Å². The van der Waals surface area contributed by atoms with Crippen LogP contribution in [0.4, 0.5) is 17.2 Å². The minimum Gasteiger partial charge on any atom is -0.495 e. The molecule has 1 aromatic carbocycles. The number of methoxy groups -OCH3 is 1. The van der Waals surface area contributed by atoms with E-state index in [0.717, 1.165) is 11.3 Å². The number of nitrogens with one attached hydrogen (secondary N) is 1. The molecular formula is C14H14N4O. The van der Waals surface area contributed by atoms with Crippen LogP contribution in [0.5, 0.6) is 5.75 Å². The number of rotatable bonds is 3.